The molecule has 2 unspecified atom stereocenters. The molecule has 1 aromatic rings. The van der Waals surface area contributed by atoms with Crippen molar-refractivity contribution in [1.29, 1.82) is 0 Å². The van der Waals surface area contributed by atoms with Crippen molar-refractivity contribution in [2.45, 2.75) is 172 Å². The Balaban J connectivity index is 1.91. The van der Waals surface area contributed by atoms with Crippen LogP contribution in [-0.2, 0) is 46.3 Å². The fourth-order valence-electron chi connectivity index (χ4n) is 6.69. The highest BCUT2D eigenvalue weighted by Gasteiger charge is 2.46. The van der Waals surface area contributed by atoms with Gasteiger partial charge in [-0.1, -0.05) is 125 Å². The first-order valence-corrected chi connectivity index (χ1v) is 27.8. The molecule has 2 rings (SSSR count). The van der Waals surface area contributed by atoms with Crippen molar-refractivity contribution in [1.82, 2.24) is 9.55 Å². The number of esters is 2. The molecule has 9 atom stereocenters. The van der Waals surface area contributed by atoms with E-state index in [2.05, 4.69) is 53.5 Å². The zero-order valence-corrected chi connectivity index (χ0v) is 43.5. The summed E-state index contributed by atoms with van der Waals surface area (Å²) < 4.78 is 56.4. The second kappa shape index (κ2) is 37.6. The highest BCUT2D eigenvalue weighted by molar-refractivity contribution is 7.61. The van der Waals surface area contributed by atoms with Crippen LogP contribution in [0, 0.1) is 0 Å². The van der Waals surface area contributed by atoms with Crippen LogP contribution in [0.2, 0.25) is 0 Å². The van der Waals surface area contributed by atoms with E-state index in [0.29, 0.717) is 19.3 Å². The van der Waals surface area contributed by atoms with Gasteiger partial charge in [-0.05, 0) is 83.1 Å². The van der Waals surface area contributed by atoms with Crippen molar-refractivity contribution in [3.8, 4) is 0 Å². The van der Waals surface area contributed by atoms with Crippen LogP contribution in [0.5, 0.6) is 0 Å². The van der Waals surface area contributed by atoms with Gasteiger partial charge in [-0.25, -0.2) is 13.9 Å². The molecule has 0 saturated carbocycles. The van der Waals surface area contributed by atoms with Crippen LogP contribution in [0.25, 0.3) is 0 Å². The van der Waals surface area contributed by atoms with Gasteiger partial charge in [0.25, 0.3) is 0 Å². The predicted octanol–water partition coefficient (Wildman–Crippen LogP) is 7.83. The van der Waals surface area contributed by atoms with Crippen molar-refractivity contribution >= 4 is 33.4 Å². The topological polar surface area (TPSA) is 306 Å². The Labute approximate surface area is 423 Å². The van der Waals surface area contributed by atoms with Gasteiger partial charge in [-0.2, -0.15) is 9.29 Å². The Morgan fingerprint density at radius 1 is 0.750 bits per heavy atom. The van der Waals surface area contributed by atoms with Gasteiger partial charge < -0.3 is 50.2 Å². The molecule has 406 valence electrons. The maximum Gasteiger partial charge on any atom is 0.481 e. The molecule has 0 spiro atoms. The molecule has 0 aliphatic carbocycles. The van der Waals surface area contributed by atoms with Gasteiger partial charge in [0.15, 0.2) is 12.3 Å². The first-order chi connectivity index (χ1) is 34.5. The number of carbonyl (C=O) groups is 2. The largest absolute Gasteiger partial charge is 0.481 e. The lowest BCUT2D eigenvalue weighted by atomic mass is 10.1. The van der Waals surface area contributed by atoms with Gasteiger partial charge in [0.05, 0.1) is 25.4 Å². The Morgan fingerprint density at radius 2 is 1.32 bits per heavy atom. The molecule has 1 saturated heterocycles. The average Bonchev–Trinajstić information content (AvgIpc) is 3.61. The summed E-state index contributed by atoms with van der Waals surface area (Å²) in [4.78, 5) is 61.8. The molecule has 0 aromatic carbocycles. The quantitative estimate of drug-likeness (QED) is 0.0109. The van der Waals surface area contributed by atoms with E-state index >= 15 is 0 Å². The standard InChI is InChI=1S/C50H79N3O17P2/c1-3-5-7-9-11-12-13-14-15-16-17-18-19-21-27-33-45(56)65-37-42(68-46(57)34-28-32-41(55)31-26-23-22-25-30-40(54)29-24-20-10-8-6-4-2)38-66-71(61,62)70-72(63,64)67-39-43-47(58)48(59)49(69-43)53-36-35-44(51)52-50(53)60/h11-12,14-15,17-18,20,22-26,30-31,35-36,40-43,47-49,54-55,58-59H,3-10,13,16,19,21,27-29,32-34,37-39H2,1-2H3,(H,61,62)(H,63,64)(H2,51,52,60)/b12-11-,15-14-,18-17-,23-22+,24-20-,30-25+,31-26-/t40-,41-,42+,43+,47+,48+,49+/m0/s1. The third-order valence-corrected chi connectivity index (χ3v) is 13.2. The van der Waals surface area contributed by atoms with Gasteiger partial charge in [0.1, 0.15) is 30.7 Å². The van der Waals surface area contributed by atoms with E-state index in [1.54, 1.807) is 30.4 Å². The summed E-state index contributed by atoms with van der Waals surface area (Å²) >= 11 is 0. The molecule has 8 N–H and O–H groups in total. The van der Waals surface area contributed by atoms with Crippen LogP contribution in [-0.4, -0.2) is 108 Å². The summed E-state index contributed by atoms with van der Waals surface area (Å²) in [6.07, 6.45) is 31.5. The second-order valence-corrected chi connectivity index (χ2v) is 20.0. The van der Waals surface area contributed by atoms with Crippen LogP contribution in [0.15, 0.2) is 102 Å². The molecular weight excluding hydrogens is 977 g/mol. The predicted molar refractivity (Wildman–Crippen MR) is 273 cm³/mol. The lowest BCUT2D eigenvalue weighted by molar-refractivity contribution is -0.161. The van der Waals surface area contributed by atoms with E-state index < -0.39 is 95.9 Å². The molecule has 72 heavy (non-hydrogen) atoms. The van der Waals surface area contributed by atoms with Gasteiger partial charge in [-0.3, -0.25) is 23.2 Å². The third-order valence-electron chi connectivity index (χ3n) is 10.6. The van der Waals surface area contributed by atoms with E-state index in [4.69, 9.17) is 29.0 Å². The molecule has 1 fully saturated rings. The average molecular weight is 1060 g/mol. The summed E-state index contributed by atoms with van der Waals surface area (Å²) in [7, 11) is -11.0. The summed E-state index contributed by atoms with van der Waals surface area (Å²) in [6.45, 7) is 1.77. The molecule has 0 bridgehead atoms. The fraction of sp³-hybridized carbons (Fsp3) is 0.600. The minimum Gasteiger partial charge on any atom is -0.462 e. The Kier molecular flexibility index (Phi) is 33.4. The van der Waals surface area contributed by atoms with Crippen LogP contribution >= 0.6 is 15.6 Å². The number of allylic oxidation sites excluding steroid dienone is 11. The number of aliphatic hydroxyl groups is 4. The lowest BCUT2D eigenvalue weighted by Crippen LogP contribution is -2.36. The molecule has 2 heterocycles. The SMILES string of the molecule is CCCCC/C=C\C/C=C\C/C=C\CCCCC(=O)OC[C@H](COP(=O)(O)OP(=O)(O)OC[C@H]1O[C@@H](n2ccc(N)nc2=O)[C@H](O)[C@@H]1O)OC(=O)CCC[C@@H](O)\C=C/C=C/C=C/[C@@H](O)C/C=C\CCCCC. The van der Waals surface area contributed by atoms with Crippen molar-refractivity contribution < 1.29 is 76.5 Å². The van der Waals surface area contributed by atoms with Crippen molar-refractivity contribution in [3.05, 3.63) is 108 Å². The molecule has 0 radical (unpaired) electrons. The van der Waals surface area contributed by atoms with E-state index in [9.17, 15) is 53.7 Å². The summed E-state index contributed by atoms with van der Waals surface area (Å²) in [5.74, 6) is -1.61. The van der Waals surface area contributed by atoms with E-state index in [-0.39, 0.29) is 31.5 Å². The smallest absolute Gasteiger partial charge is 0.462 e. The van der Waals surface area contributed by atoms with Crippen molar-refractivity contribution in [2.24, 2.45) is 0 Å². The van der Waals surface area contributed by atoms with Crippen molar-refractivity contribution in [2.75, 3.05) is 25.6 Å². The minimum atomic E-state index is -5.50. The fourth-order valence-corrected chi connectivity index (χ4v) is 8.80. The number of hydrogen-bond acceptors (Lipinski definition) is 17. The number of aromatic nitrogens is 2. The maximum atomic E-state index is 12.9. The number of nitrogen functional groups attached to an aromatic ring is 1. The van der Waals surface area contributed by atoms with Gasteiger partial charge >= 0.3 is 33.3 Å². The van der Waals surface area contributed by atoms with Crippen LogP contribution < -0.4 is 11.4 Å². The molecular formula is C50H79N3O17P2. The first kappa shape index (κ1) is 64.0. The molecule has 0 amide bonds. The highest BCUT2D eigenvalue weighted by atomic mass is 31.3. The number of nitrogens with zero attached hydrogens (tertiary/aromatic N) is 2. The van der Waals surface area contributed by atoms with Crippen LogP contribution in [0.4, 0.5) is 5.82 Å². The number of ether oxygens (including phenoxy) is 3. The molecule has 22 heteroatoms. The number of phosphoric ester groups is 2. The Morgan fingerprint density at radius 3 is 1.94 bits per heavy atom. The lowest BCUT2D eigenvalue weighted by Gasteiger charge is -2.21. The second-order valence-electron chi connectivity index (χ2n) is 17.0. The van der Waals surface area contributed by atoms with Crippen molar-refractivity contribution in [3.63, 3.8) is 0 Å². The number of nitrogens with two attached hydrogens (primary N) is 1. The Hall–Kier alpha value is -4.14. The maximum absolute atomic E-state index is 12.9. The number of phosphoric acid groups is 2. The normalized spacial score (nSPS) is 20.7. The zero-order chi connectivity index (χ0) is 53.0. The van der Waals surface area contributed by atoms with E-state index in [1.807, 2.05) is 18.2 Å². The van der Waals surface area contributed by atoms with Gasteiger partial charge in [-0.15, -0.1) is 0 Å². The third kappa shape index (κ3) is 30.2. The number of hydrogen-bond donors (Lipinski definition) is 7. The summed E-state index contributed by atoms with van der Waals surface area (Å²) in [5.41, 5.74) is 4.55. The summed E-state index contributed by atoms with van der Waals surface area (Å²) in [6, 6.07) is 1.23. The number of unbranched alkanes of at least 4 members (excludes halogenated alkanes) is 8. The zero-order valence-electron chi connectivity index (χ0n) is 41.7. The van der Waals surface area contributed by atoms with E-state index in [1.165, 1.54) is 37.8 Å². The molecule has 1 aromatic heterocycles. The van der Waals surface area contributed by atoms with Gasteiger partial charge in [0, 0.05) is 19.0 Å². The number of anilines is 1. The monoisotopic (exact) mass is 1060 g/mol. The molecule has 1 aliphatic rings. The molecule has 20 nitrogen and oxygen atoms in total. The van der Waals surface area contributed by atoms with Crippen LogP contribution in [0.1, 0.15) is 136 Å². The molecule has 1 aliphatic heterocycles. The Bertz CT molecular complexity index is 2070. The number of aliphatic hydroxyl groups excluding tert-OH is 4. The highest BCUT2D eigenvalue weighted by Crippen LogP contribution is 2.60. The van der Waals surface area contributed by atoms with Crippen LogP contribution in [0.3, 0.4) is 0 Å². The summed E-state index contributed by atoms with van der Waals surface area (Å²) in [5, 5.41) is 41.4. The number of carbonyl (C=O) groups excluding carboxylic acids is 2. The van der Waals surface area contributed by atoms with Gasteiger partial charge in [0.2, 0.25) is 0 Å². The number of rotatable bonds is 39. The minimum absolute atomic E-state index is 0.0208. The van der Waals surface area contributed by atoms with E-state index in [0.717, 1.165) is 55.7 Å². The first-order valence-electron chi connectivity index (χ1n) is 24.8.